The zero-order chi connectivity index (χ0) is 16.8. The molecule has 5 nitrogen and oxygen atoms in total. The minimum absolute atomic E-state index is 0. The Labute approximate surface area is 160 Å². The number of phenols is 1. The van der Waals surface area contributed by atoms with E-state index < -0.39 is 0 Å². The van der Waals surface area contributed by atoms with Gasteiger partial charge in [-0.2, -0.15) is 0 Å². The fraction of sp³-hybridized carbons (Fsp3) is 0.278. The number of benzene rings is 2. The summed E-state index contributed by atoms with van der Waals surface area (Å²) in [5.74, 6) is 0.931. The van der Waals surface area contributed by atoms with Crippen molar-refractivity contribution in [2.24, 2.45) is 10.7 Å². The highest BCUT2D eigenvalue weighted by molar-refractivity contribution is 14.0. The molecule has 0 atom stereocenters. The molecule has 0 fully saturated rings. The van der Waals surface area contributed by atoms with Gasteiger partial charge in [-0.25, -0.2) is 4.99 Å². The number of anilines is 1. The van der Waals surface area contributed by atoms with Gasteiger partial charge in [-0.15, -0.1) is 24.0 Å². The van der Waals surface area contributed by atoms with E-state index >= 15 is 0 Å². The van der Waals surface area contributed by atoms with Gasteiger partial charge in [0, 0.05) is 5.69 Å². The first-order chi connectivity index (χ1) is 11.0. The monoisotopic (exact) mass is 441 g/mol. The average molecular weight is 441 g/mol. The summed E-state index contributed by atoms with van der Waals surface area (Å²) in [6, 6.07) is 11.2. The number of phenolic OH excluding ortho intramolecular Hbond substituents is 1. The fourth-order valence-electron chi connectivity index (χ4n) is 2.11. The number of nitrogens with one attached hydrogen (secondary N) is 1. The third-order valence-electron chi connectivity index (χ3n) is 3.54. The van der Waals surface area contributed by atoms with Crippen molar-refractivity contribution in [3.05, 3.63) is 53.1 Å². The largest absolute Gasteiger partial charge is 0.504 e. The minimum Gasteiger partial charge on any atom is -0.504 e. The maximum Gasteiger partial charge on any atom is 0.193 e. The molecule has 0 amide bonds. The van der Waals surface area contributed by atoms with Crippen LogP contribution >= 0.6 is 24.0 Å². The van der Waals surface area contributed by atoms with Crippen LogP contribution in [0.3, 0.4) is 0 Å². The first kappa shape index (κ1) is 20.1. The Hall–Kier alpha value is -1.96. The smallest absolute Gasteiger partial charge is 0.193 e. The highest BCUT2D eigenvalue weighted by Gasteiger charge is 2.04. The van der Waals surface area contributed by atoms with Crippen molar-refractivity contribution < 1.29 is 9.84 Å². The second kappa shape index (κ2) is 9.36. The standard InChI is InChI=1S/C18H23N3O2.HI/c1-4-23-17-10-14(6-8-16(17)22)11-20-18(19)21-15-7-5-12(2)13(3)9-15;/h5-10,22H,4,11H2,1-3H3,(H3,19,20,21);1H. The van der Waals surface area contributed by atoms with Crippen LogP contribution < -0.4 is 15.8 Å². The first-order valence-corrected chi connectivity index (χ1v) is 7.58. The molecule has 6 heteroatoms. The molecule has 24 heavy (non-hydrogen) atoms. The Morgan fingerprint density at radius 1 is 1.17 bits per heavy atom. The molecule has 0 aliphatic rings. The number of hydrogen-bond acceptors (Lipinski definition) is 3. The van der Waals surface area contributed by atoms with Gasteiger partial charge < -0.3 is 20.9 Å². The van der Waals surface area contributed by atoms with Crippen LogP contribution in [0.1, 0.15) is 23.6 Å². The summed E-state index contributed by atoms with van der Waals surface area (Å²) in [4.78, 5) is 4.32. The lowest BCUT2D eigenvalue weighted by molar-refractivity contribution is 0.318. The van der Waals surface area contributed by atoms with Crippen LogP contribution in [0.4, 0.5) is 5.69 Å². The molecular formula is C18H24IN3O2. The zero-order valence-corrected chi connectivity index (χ0v) is 16.5. The molecule has 0 aliphatic carbocycles. The number of aryl methyl sites for hydroxylation is 2. The van der Waals surface area contributed by atoms with E-state index in [1.54, 1.807) is 18.2 Å². The van der Waals surface area contributed by atoms with Crippen LogP contribution in [0.5, 0.6) is 11.5 Å². The number of rotatable bonds is 5. The highest BCUT2D eigenvalue weighted by atomic mass is 127. The second-order valence-corrected chi connectivity index (χ2v) is 5.36. The molecular weight excluding hydrogens is 417 g/mol. The van der Waals surface area contributed by atoms with E-state index in [2.05, 4.69) is 24.2 Å². The average Bonchev–Trinajstić information content (AvgIpc) is 2.52. The Kier molecular flexibility index (Phi) is 7.84. The number of aromatic hydroxyl groups is 1. The van der Waals surface area contributed by atoms with E-state index in [9.17, 15) is 5.11 Å². The van der Waals surface area contributed by atoms with Crippen LogP contribution in [0.15, 0.2) is 41.4 Å². The zero-order valence-electron chi connectivity index (χ0n) is 14.2. The van der Waals surface area contributed by atoms with Gasteiger partial charge in [0.2, 0.25) is 0 Å². The maximum absolute atomic E-state index is 9.69. The molecule has 0 bridgehead atoms. The number of guanidine groups is 1. The summed E-state index contributed by atoms with van der Waals surface area (Å²) in [6.07, 6.45) is 0. The van der Waals surface area contributed by atoms with Gasteiger partial charge in [-0.1, -0.05) is 12.1 Å². The Morgan fingerprint density at radius 2 is 1.92 bits per heavy atom. The number of halogens is 1. The van der Waals surface area contributed by atoms with E-state index in [4.69, 9.17) is 10.5 Å². The quantitative estimate of drug-likeness (QED) is 0.373. The lowest BCUT2D eigenvalue weighted by atomic mass is 10.1. The summed E-state index contributed by atoms with van der Waals surface area (Å²) < 4.78 is 5.36. The van der Waals surface area contributed by atoms with Crippen molar-refractivity contribution >= 4 is 35.6 Å². The third-order valence-corrected chi connectivity index (χ3v) is 3.54. The van der Waals surface area contributed by atoms with E-state index in [-0.39, 0.29) is 29.7 Å². The van der Waals surface area contributed by atoms with Gasteiger partial charge in [-0.3, -0.25) is 0 Å². The molecule has 4 N–H and O–H groups in total. The molecule has 0 spiro atoms. The van der Waals surface area contributed by atoms with Crippen molar-refractivity contribution in [1.29, 1.82) is 0 Å². The van der Waals surface area contributed by atoms with E-state index in [1.165, 1.54) is 11.1 Å². The van der Waals surface area contributed by atoms with Gasteiger partial charge in [0.25, 0.3) is 0 Å². The minimum atomic E-state index is 0. The molecule has 0 radical (unpaired) electrons. The van der Waals surface area contributed by atoms with Gasteiger partial charge in [-0.05, 0) is 61.7 Å². The van der Waals surface area contributed by atoms with Crippen LogP contribution in [0, 0.1) is 13.8 Å². The van der Waals surface area contributed by atoms with Crippen LogP contribution in [-0.4, -0.2) is 17.7 Å². The van der Waals surface area contributed by atoms with Crippen molar-refractivity contribution in [1.82, 2.24) is 0 Å². The number of hydrogen-bond donors (Lipinski definition) is 3. The number of ether oxygens (including phenoxy) is 1. The predicted molar refractivity (Wildman–Crippen MR) is 110 cm³/mol. The molecule has 0 saturated heterocycles. The Balaban J connectivity index is 0.00000288. The highest BCUT2D eigenvalue weighted by Crippen LogP contribution is 2.27. The van der Waals surface area contributed by atoms with Gasteiger partial charge in [0.15, 0.2) is 17.5 Å². The topological polar surface area (TPSA) is 79.9 Å². The van der Waals surface area contributed by atoms with Crippen molar-refractivity contribution in [3.8, 4) is 11.5 Å². The summed E-state index contributed by atoms with van der Waals surface area (Å²) in [5, 5.41) is 12.8. The number of nitrogens with two attached hydrogens (primary N) is 1. The van der Waals surface area contributed by atoms with Gasteiger partial charge in [0.1, 0.15) is 0 Å². The van der Waals surface area contributed by atoms with Gasteiger partial charge in [0.05, 0.1) is 13.2 Å². The summed E-state index contributed by atoms with van der Waals surface area (Å²) >= 11 is 0. The van der Waals surface area contributed by atoms with Crippen LogP contribution in [-0.2, 0) is 6.54 Å². The van der Waals surface area contributed by atoms with E-state index in [0.717, 1.165) is 11.3 Å². The number of aliphatic imine (C=N–C) groups is 1. The molecule has 0 aromatic heterocycles. The lowest BCUT2D eigenvalue weighted by Gasteiger charge is -2.09. The summed E-state index contributed by atoms with van der Waals surface area (Å²) in [5.41, 5.74) is 10.2. The van der Waals surface area contributed by atoms with Crippen LogP contribution in [0.2, 0.25) is 0 Å². The van der Waals surface area contributed by atoms with E-state index in [1.807, 2.05) is 25.1 Å². The Bertz CT molecular complexity index is 717. The normalized spacial score (nSPS) is 10.9. The molecule has 2 rings (SSSR count). The fourth-order valence-corrected chi connectivity index (χ4v) is 2.11. The first-order valence-electron chi connectivity index (χ1n) is 7.58. The van der Waals surface area contributed by atoms with Crippen molar-refractivity contribution in [2.75, 3.05) is 11.9 Å². The SMILES string of the molecule is CCOc1cc(CN=C(N)Nc2ccc(C)c(C)c2)ccc1O.I. The van der Waals surface area contributed by atoms with E-state index in [0.29, 0.717) is 24.9 Å². The predicted octanol–water partition coefficient (Wildman–Crippen LogP) is 3.95. The molecule has 0 aliphatic heterocycles. The van der Waals surface area contributed by atoms with Crippen molar-refractivity contribution in [3.63, 3.8) is 0 Å². The summed E-state index contributed by atoms with van der Waals surface area (Å²) in [7, 11) is 0. The lowest BCUT2D eigenvalue weighted by Crippen LogP contribution is -2.22. The van der Waals surface area contributed by atoms with Gasteiger partial charge >= 0.3 is 0 Å². The third kappa shape index (κ3) is 5.59. The number of nitrogens with zero attached hydrogens (tertiary/aromatic N) is 1. The molecule has 0 unspecified atom stereocenters. The summed E-state index contributed by atoms with van der Waals surface area (Å²) in [6.45, 7) is 6.90. The van der Waals surface area contributed by atoms with Crippen molar-refractivity contribution in [2.45, 2.75) is 27.3 Å². The molecule has 0 saturated carbocycles. The molecule has 2 aromatic carbocycles. The maximum atomic E-state index is 9.69. The van der Waals surface area contributed by atoms with Crippen LogP contribution in [0.25, 0.3) is 0 Å². The molecule has 2 aromatic rings. The molecule has 0 heterocycles. The Morgan fingerprint density at radius 3 is 2.58 bits per heavy atom. The second-order valence-electron chi connectivity index (χ2n) is 5.36. The molecule has 130 valence electrons.